The second kappa shape index (κ2) is 7.30. The van der Waals surface area contributed by atoms with Gasteiger partial charge in [-0.15, -0.1) is 0 Å². The Balaban J connectivity index is 1.56. The largest absolute Gasteiger partial charge is 0.348 e. The summed E-state index contributed by atoms with van der Waals surface area (Å²) >= 11 is 0. The zero-order valence-electron chi connectivity index (χ0n) is 14.6. The number of benzene rings is 3. The lowest BCUT2D eigenvalue weighted by atomic mass is 10.0. The van der Waals surface area contributed by atoms with E-state index in [1.807, 2.05) is 72.8 Å². The molecule has 4 nitrogen and oxygen atoms in total. The third-order valence-electron chi connectivity index (χ3n) is 4.51. The quantitative estimate of drug-likeness (QED) is 0.579. The number of aromatic amines is 1. The summed E-state index contributed by atoms with van der Waals surface area (Å²) in [6.07, 6.45) is 0. The summed E-state index contributed by atoms with van der Waals surface area (Å²) in [6.45, 7) is 0.380. The fraction of sp³-hybridized carbons (Fsp3) is 0.0435. The van der Waals surface area contributed by atoms with Crippen LogP contribution in [0.4, 0.5) is 0 Å². The molecule has 2 N–H and O–H groups in total. The summed E-state index contributed by atoms with van der Waals surface area (Å²) in [4.78, 5) is 27.6. The fourth-order valence-corrected chi connectivity index (χ4v) is 3.05. The number of hydrogen-bond acceptors (Lipinski definition) is 2. The molecule has 0 fully saturated rings. The molecule has 1 amide bonds. The number of fused-ring (bicyclic) bond motifs is 1. The van der Waals surface area contributed by atoms with Crippen molar-refractivity contribution in [3.05, 3.63) is 106 Å². The van der Waals surface area contributed by atoms with E-state index in [2.05, 4.69) is 10.3 Å². The van der Waals surface area contributed by atoms with Crippen LogP contribution in [-0.2, 0) is 6.54 Å². The van der Waals surface area contributed by atoms with Crippen molar-refractivity contribution < 1.29 is 4.79 Å². The summed E-state index contributed by atoms with van der Waals surface area (Å²) < 4.78 is 0. The van der Waals surface area contributed by atoms with Gasteiger partial charge in [-0.3, -0.25) is 9.59 Å². The van der Waals surface area contributed by atoms with E-state index < -0.39 is 5.56 Å². The van der Waals surface area contributed by atoms with Gasteiger partial charge in [0.2, 0.25) is 0 Å². The predicted octanol–water partition coefficient (Wildman–Crippen LogP) is 4.13. The van der Waals surface area contributed by atoms with Crippen molar-refractivity contribution in [1.29, 1.82) is 0 Å². The highest BCUT2D eigenvalue weighted by Gasteiger charge is 2.11. The minimum Gasteiger partial charge on any atom is -0.348 e. The van der Waals surface area contributed by atoms with E-state index in [9.17, 15) is 9.59 Å². The van der Waals surface area contributed by atoms with Crippen molar-refractivity contribution in [3.63, 3.8) is 0 Å². The molecule has 4 heteroatoms. The monoisotopic (exact) mass is 354 g/mol. The Morgan fingerprint density at radius 2 is 1.56 bits per heavy atom. The first-order chi connectivity index (χ1) is 13.2. The Hall–Kier alpha value is -3.66. The normalized spacial score (nSPS) is 10.7. The molecule has 0 aliphatic rings. The van der Waals surface area contributed by atoms with Gasteiger partial charge in [-0.1, -0.05) is 66.7 Å². The summed E-state index contributed by atoms with van der Waals surface area (Å²) in [6, 6.07) is 27.0. The van der Waals surface area contributed by atoms with Crippen LogP contribution in [-0.4, -0.2) is 10.9 Å². The van der Waals surface area contributed by atoms with Crippen molar-refractivity contribution in [2.24, 2.45) is 0 Å². The first-order valence-electron chi connectivity index (χ1n) is 8.75. The molecule has 27 heavy (non-hydrogen) atoms. The number of nitrogens with one attached hydrogen (secondary N) is 2. The molecule has 0 bridgehead atoms. The van der Waals surface area contributed by atoms with Crippen LogP contribution in [0, 0.1) is 0 Å². The molecule has 4 aromatic rings. The second-order valence-electron chi connectivity index (χ2n) is 6.35. The highest BCUT2D eigenvalue weighted by Crippen LogP contribution is 2.22. The molecule has 132 valence electrons. The maximum Gasteiger partial charge on any atom is 0.261 e. The molecule has 0 saturated carbocycles. The van der Waals surface area contributed by atoms with Crippen LogP contribution in [0.5, 0.6) is 0 Å². The van der Waals surface area contributed by atoms with Gasteiger partial charge < -0.3 is 10.3 Å². The Morgan fingerprint density at radius 3 is 2.33 bits per heavy atom. The number of rotatable bonds is 4. The van der Waals surface area contributed by atoms with Crippen molar-refractivity contribution in [2.75, 3.05) is 0 Å². The molecule has 0 aliphatic heterocycles. The van der Waals surface area contributed by atoms with Gasteiger partial charge in [0.05, 0.1) is 0 Å². The zero-order valence-corrected chi connectivity index (χ0v) is 14.6. The SMILES string of the molecule is O=C(NCc1ccccc1)c1ccc(-c2ccc3ccccc3c2)[nH]c1=O. The average Bonchev–Trinajstić information content (AvgIpc) is 2.72. The van der Waals surface area contributed by atoms with Gasteiger partial charge >= 0.3 is 0 Å². The Morgan fingerprint density at radius 1 is 0.815 bits per heavy atom. The molecule has 1 aromatic heterocycles. The summed E-state index contributed by atoms with van der Waals surface area (Å²) in [5, 5.41) is 5.02. The van der Waals surface area contributed by atoms with Gasteiger partial charge in [0.25, 0.3) is 11.5 Å². The lowest BCUT2D eigenvalue weighted by molar-refractivity contribution is 0.0949. The molecule has 1 heterocycles. The maximum atomic E-state index is 12.4. The molecule has 0 atom stereocenters. The smallest absolute Gasteiger partial charge is 0.261 e. The second-order valence-corrected chi connectivity index (χ2v) is 6.35. The van der Waals surface area contributed by atoms with E-state index in [1.54, 1.807) is 12.1 Å². The van der Waals surface area contributed by atoms with E-state index in [-0.39, 0.29) is 11.5 Å². The molecule has 0 radical (unpaired) electrons. The van der Waals surface area contributed by atoms with Gasteiger partial charge in [0, 0.05) is 12.2 Å². The minimum atomic E-state index is -0.397. The Labute approximate surface area is 156 Å². The van der Waals surface area contributed by atoms with Gasteiger partial charge in [-0.2, -0.15) is 0 Å². The first-order valence-corrected chi connectivity index (χ1v) is 8.75. The number of amides is 1. The minimum absolute atomic E-state index is 0.107. The van der Waals surface area contributed by atoms with Crippen molar-refractivity contribution in [1.82, 2.24) is 10.3 Å². The van der Waals surface area contributed by atoms with Crippen molar-refractivity contribution in [2.45, 2.75) is 6.54 Å². The molecular weight excluding hydrogens is 336 g/mol. The molecule has 4 rings (SSSR count). The van der Waals surface area contributed by atoms with Gasteiger partial charge in [-0.05, 0) is 40.1 Å². The first kappa shape index (κ1) is 16.8. The fourth-order valence-electron chi connectivity index (χ4n) is 3.05. The third-order valence-corrected chi connectivity index (χ3v) is 4.51. The lowest BCUT2D eigenvalue weighted by Gasteiger charge is -2.07. The number of carbonyl (C=O) groups is 1. The summed E-state index contributed by atoms with van der Waals surface area (Å²) in [5.74, 6) is -0.384. The number of carbonyl (C=O) groups excluding carboxylic acids is 1. The summed E-state index contributed by atoms with van der Waals surface area (Å²) in [7, 11) is 0. The molecule has 3 aromatic carbocycles. The number of hydrogen-bond donors (Lipinski definition) is 2. The molecule has 0 spiro atoms. The number of pyridine rings is 1. The number of H-pyrrole nitrogens is 1. The van der Waals surface area contributed by atoms with E-state index in [4.69, 9.17) is 0 Å². The standard InChI is InChI=1S/C23H18N2O2/c26-22(24-15-16-6-2-1-3-7-16)20-12-13-21(25-23(20)27)19-11-10-17-8-4-5-9-18(17)14-19/h1-14H,15H2,(H,24,26)(H,25,27). The lowest BCUT2D eigenvalue weighted by Crippen LogP contribution is -2.29. The Kier molecular flexibility index (Phi) is 4.54. The van der Waals surface area contributed by atoms with Crippen molar-refractivity contribution in [3.8, 4) is 11.3 Å². The van der Waals surface area contributed by atoms with E-state index in [0.29, 0.717) is 12.2 Å². The van der Waals surface area contributed by atoms with Crippen LogP contribution < -0.4 is 10.9 Å². The average molecular weight is 354 g/mol. The van der Waals surface area contributed by atoms with Crippen LogP contribution in [0.2, 0.25) is 0 Å². The maximum absolute atomic E-state index is 12.4. The van der Waals surface area contributed by atoms with Gasteiger partial charge in [-0.25, -0.2) is 0 Å². The van der Waals surface area contributed by atoms with E-state index in [0.717, 1.165) is 21.9 Å². The molecule has 0 unspecified atom stereocenters. The van der Waals surface area contributed by atoms with E-state index in [1.165, 1.54) is 0 Å². The van der Waals surface area contributed by atoms with Crippen molar-refractivity contribution >= 4 is 16.7 Å². The third kappa shape index (κ3) is 3.65. The van der Waals surface area contributed by atoms with Crippen LogP contribution in [0.1, 0.15) is 15.9 Å². The van der Waals surface area contributed by atoms with Crippen LogP contribution in [0.3, 0.4) is 0 Å². The number of aromatic nitrogens is 1. The van der Waals surface area contributed by atoms with Crippen LogP contribution >= 0.6 is 0 Å². The zero-order chi connectivity index (χ0) is 18.6. The highest BCUT2D eigenvalue weighted by molar-refractivity contribution is 5.94. The molecule has 0 aliphatic carbocycles. The molecule has 0 saturated heterocycles. The predicted molar refractivity (Wildman–Crippen MR) is 108 cm³/mol. The van der Waals surface area contributed by atoms with Gasteiger partial charge in [0.15, 0.2) is 0 Å². The van der Waals surface area contributed by atoms with Crippen LogP contribution in [0.25, 0.3) is 22.0 Å². The highest BCUT2D eigenvalue weighted by atomic mass is 16.2. The topological polar surface area (TPSA) is 62.0 Å². The van der Waals surface area contributed by atoms with E-state index >= 15 is 0 Å². The summed E-state index contributed by atoms with van der Waals surface area (Å²) in [5.41, 5.74) is 2.28. The van der Waals surface area contributed by atoms with Gasteiger partial charge in [0.1, 0.15) is 5.56 Å². The van der Waals surface area contributed by atoms with Crippen LogP contribution in [0.15, 0.2) is 89.7 Å². The molecular formula is C23H18N2O2. The Bertz CT molecular complexity index is 1160.